The summed E-state index contributed by atoms with van der Waals surface area (Å²) in [5, 5.41) is 2.51. The van der Waals surface area contributed by atoms with Crippen molar-refractivity contribution < 1.29 is 7.31 Å². The number of fused-ring (bicyclic) bond motifs is 5. The van der Waals surface area contributed by atoms with Gasteiger partial charge >= 0.3 is 0 Å². The molecule has 35 heavy (non-hydrogen) atoms. The number of aryl methyl sites for hydroxylation is 2. The summed E-state index contributed by atoms with van der Waals surface area (Å²) < 4.78 is 24.6. The first-order valence-electron chi connectivity index (χ1n) is 13.3. The number of hydrogen-bond donors (Lipinski definition) is 0. The van der Waals surface area contributed by atoms with Crippen LogP contribution in [-0.2, 0) is 13.5 Å². The second-order valence-corrected chi connectivity index (χ2v) is 10.1. The van der Waals surface area contributed by atoms with Crippen LogP contribution in [0.25, 0.3) is 33.5 Å². The van der Waals surface area contributed by atoms with E-state index < -0.39 is 11.8 Å². The minimum Gasteiger partial charge on any atom is -0.302 e. The van der Waals surface area contributed by atoms with Crippen LogP contribution in [0.4, 0.5) is 0 Å². The Morgan fingerprint density at radius 2 is 1.57 bits per heavy atom. The highest BCUT2D eigenvalue weighted by Crippen LogP contribution is 2.44. The average molecular weight is 464 g/mol. The summed E-state index contributed by atoms with van der Waals surface area (Å²) in [6.07, 6.45) is 8.89. The molecule has 0 aliphatic carbocycles. The van der Waals surface area contributed by atoms with Crippen LogP contribution >= 0.6 is 0 Å². The molecule has 0 bridgehead atoms. The summed E-state index contributed by atoms with van der Waals surface area (Å²) in [7, 11) is 2.08. The smallest absolute Gasteiger partial charge is 0.296 e. The fourth-order valence-electron chi connectivity index (χ4n) is 5.77. The Kier molecular flexibility index (Phi) is 4.45. The molecule has 2 aromatic heterocycles. The molecule has 6 rings (SSSR count). The zero-order valence-electron chi connectivity index (χ0n) is 23.3. The molecule has 3 aromatic carbocycles. The monoisotopic (exact) mass is 463 g/mol. The van der Waals surface area contributed by atoms with E-state index in [9.17, 15) is 0 Å². The molecule has 4 nitrogen and oxygen atoms in total. The van der Waals surface area contributed by atoms with Gasteiger partial charge in [-0.3, -0.25) is 0 Å². The quantitative estimate of drug-likeness (QED) is 0.265. The van der Waals surface area contributed by atoms with E-state index in [-0.39, 0.29) is 0 Å². The molecule has 0 radical (unpaired) electrons. The van der Waals surface area contributed by atoms with Crippen molar-refractivity contribution in [2.45, 2.75) is 52.8 Å². The van der Waals surface area contributed by atoms with Crippen molar-refractivity contribution in [3.05, 3.63) is 95.3 Å². The standard InChI is InChI=1S/C31H33N4/c1-19(2)22-12-9-13-23(20(3)4)29(22)35-17-16-33(6)31(35)28-21(5)24-10-7-8-11-25(24)26-18-27-32-14-15-34(27)30(26)28/h7-17,19-20H,18H2,1-6H3/q+1/i19D,20D. The van der Waals surface area contributed by atoms with Crippen molar-refractivity contribution in [2.75, 3.05) is 0 Å². The predicted octanol–water partition coefficient (Wildman–Crippen LogP) is 6.77. The van der Waals surface area contributed by atoms with Gasteiger partial charge in [0.15, 0.2) is 0 Å². The zero-order valence-corrected chi connectivity index (χ0v) is 21.3. The Bertz CT molecular complexity index is 1660. The van der Waals surface area contributed by atoms with E-state index in [1.54, 1.807) is 0 Å². The van der Waals surface area contributed by atoms with E-state index in [0.717, 1.165) is 40.4 Å². The van der Waals surface area contributed by atoms with Gasteiger partial charge in [0.1, 0.15) is 23.9 Å². The van der Waals surface area contributed by atoms with Crippen molar-refractivity contribution in [2.24, 2.45) is 7.05 Å². The van der Waals surface area contributed by atoms with E-state index in [2.05, 4.69) is 75.5 Å². The molecular formula is C31H33N4+. The Morgan fingerprint density at radius 1 is 0.886 bits per heavy atom. The Labute approximate surface area is 210 Å². The van der Waals surface area contributed by atoms with Gasteiger partial charge in [-0.1, -0.05) is 70.2 Å². The Morgan fingerprint density at radius 3 is 2.26 bits per heavy atom. The topological polar surface area (TPSA) is 26.6 Å². The molecule has 0 spiro atoms. The van der Waals surface area contributed by atoms with Crippen LogP contribution in [0.2, 0.25) is 0 Å². The number of para-hydroxylation sites is 1. The zero-order chi connectivity index (χ0) is 26.3. The van der Waals surface area contributed by atoms with Crippen molar-refractivity contribution in [1.29, 1.82) is 0 Å². The highest BCUT2D eigenvalue weighted by atomic mass is 15.2. The number of imidazole rings is 2. The SMILES string of the molecule is [2H]C(C)(C)c1cccc(C([2H])(C)C)c1-n1cc[n+](C)c1-c1c2c(c3ccccc3c1C)Cc1nccn1-2. The lowest BCUT2D eigenvalue weighted by atomic mass is 9.90. The molecule has 1 aliphatic heterocycles. The van der Waals surface area contributed by atoms with E-state index in [1.807, 2.05) is 52.1 Å². The molecule has 0 saturated carbocycles. The third-order valence-corrected chi connectivity index (χ3v) is 7.43. The second kappa shape index (κ2) is 7.94. The minimum absolute atomic E-state index is 0.794. The predicted molar refractivity (Wildman–Crippen MR) is 143 cm³/mol. The van der Waals surface area contributed by atoms with Crippen molar-refractivity contribution >= 4 is 10.8 Å². The maximum atomic E-state index is 9.00. The molecule has 4 heteroatoms. The van der Waals surface area contributed by atoms with Gasteiger partial charge in [-0.25, -0.2) is 9.55 Å². The molecular weight excluding hydrogens is 428 g/mol. The lowest BCUT2D eigenvalue weighted by Crippen LogP contribution is -2.30. The van der Waals surface area contributed by atoms with Gasteiger partial charge in [-0.05, 0) is 40.6 Å². The molecule has 0 unspecified atom stereocenters. The Balaban J connectivity index is 1.77. The number of rotatable bonds is 4. The molecule has 5 aromatic rings. The molecule has 0 N–H and O–H groups in total. The highest BCUT2D eigenvalue weighted by molar-refractivity contribution is 5.99. The lowest BCUT2D eigenvalue weighted by Gasteiger charge is -2.20. The first-order chi connectivity index (χ1) is 17.5. The van der Waals surface area contributed by atoms with Gasteiger partial charge < -0.3 is 4.57 Å². The van der Waals surface area contributed by atoms with Crippen LogP contribution in [0.3, 0.4) is 0 Å². The maximum absolute atomic E-state index is 9.00. The summed E-state index contributed by atoms with van der Waals surface area (Å²) in [5.74, 6) is 0.403. The van der Waals surface area contributed by atoms with Crippen molar-refractivity contribution in [1.82, 2.24) is 14.1 Å². The van der Waals surface area contributed by atoms with Gasteiger partial charge in [-0.15, -0.1) is 0 Å². The Hall–Kier alpha value is -3.66. The maximum Gasteiger partial charge on any atom is 0.296 e. The fraction of sp³-hybridized carbons (Fsp3) is 0.290. The molecule has 0 fully saturated rings. The van der Waals surface area contributed by atoms with Crippen LogP contribution in [0, 0.1) is 6.92 Å². The van der Waals surface area contributed by atoms with Crippen LogP contribution in [-0.4, -0.2) is 14.1 Å². The van der Waals surface area contributed by atoms with Gasteiger partial charge in [0, 0.05) is 32.7 Å². The van der Waals surface area contributed by atoms with Crippen LogP contribution < -0.4 is 4.57 Å². The van der Waals surface area contributed by atoms with Crippen LogP contribution in [0.5, 0.6) is 0 Å². The third kappa shape index (κ3) is 3.12. The molecule has 0 saturated heterocycles. The lowest BCUT2D eigenvalue weighted by molar-refractivity contribution is -0.659. The summed E-state index contributed by atoms with van der Waals surface area (Å²) >= 11 is 0. The molecule has 0 amide bonds. The van der Waals surface area contributed by atoms with E-state index in [4.69, 9.17) is 2.74 Å². The summed E-state index contributed by atoms with van der Waals surface area (Å²) in [6.45, 7) is 9.90. The summed E-state index contributed by atoms with van der Waals surface area (Å²) in [4.78, 5) is 4.67. The van der Waals surface area contributed by atoms with Crippen molar-refractivity contribution in [3.8, 4) is 22.8 Å². The fourth-order valence-corrected chi connectivity index (χ4v) is 5.77. The van der Waals surface area contributed by atoms with Crippen LogP contribution in [0.15, 0.2) is 67.3 Å². The van der Waals surface area contributed by atoms with Crippen molar-refractivity contribution in [3.63, 3.8) is 0 Å². The minimum atomic E-state index is -0.839. The number of nitrogens with zero attached hydrogens (tertiary/aromatic N) is 4. The summed E-state index contributed by atoms with van der Waals surface area (Å²) in [6, 6.07) is 14.7. The number of aromatic nitrogens is 4. The average Bonchev–Trinajstić information content (AvgIpc) is 3.53. The van der Waals surface area contributed by atoms with Gasteiger partial charge in [0.05, 0.1) is 18.3 Å². The van der Waals surface area contributed by atoms with Crippen LogP contribution in [0.1, 0.15) is 70.3 Å². The number of hydrogen-bond acceptors (Lipinski definition) is 1. The van der Waals surface area contributed by atoms with Gasteiger partial charge in [0.25, 0.3) is 5.82 Å². The molecule has 1 aliphatic rings. The molecule has 0 atom stereocenters. The van der Waals surface area contributed by atoms with Gasteiger partial charge in [-0.2, -0.15) is 4.57 Å². The third-order valence-electron chi connectivity index (χ3n) is 7.43. The van der Waals surface area contributed by atoms with E-state index in [1.165, 1.54) is 27.6 Å². The largest absolute Gasteiger partial charge is 0.302 e. The first-order valence-corrected chi connectivity index (χ1v) is 12.3. The summed E-state index contributed by atoms with van der Waals surface area (Å²) in [5.41, 5.74) is 7.56. The number of benzene rings is 3. The van der Waals surface area contributed by atoms with E-state index in [0.29, 0.717) is 0 Å². The first kappa shape index (κ1) is 19.6. The highest BCUT2D eigenvalue weighted by Gasteiger charge is 2.34. The van der Waals surface area contributed by atoms with Gasteiger partial charge in [0.2, 0.25) is 0 Å². The molecule has 3 heterocycles. The van der Waals surface area contributed by atoms with E-state index >= 15 is 0 Å². The normalized spacial score (nSPS) is 14.1. The second-order valence-electron chi connectivity index (χ2n) is 10.1. The molecule has 176 valence electrons.